The van der Waals surface area contributed by atoms with E-state index >= 15 is 0 Å². The molecule has 4 heteroatoms. The molecule has 0 saturated carbocycles. The van der Waals surface area contributed by atoms with Crippen LogP contribution in [0.5, 0.6) is 0 Å². The monoisotopic (exact) mass is 705 g/mol. The van der Waals surface area contributed by atoms with Gasteiger partial charge in [-0.1, -0.05) is 152 Å². The summed E-state index contributed by atoms with van der Waals surface area (Å²) < 4.78 is 7.03. The van der Waals surface area contributed by atoms with Crippen molar-refractivity contribution in [2.75, 3.05) is 9.80 Å². The zero-order valence-electron chi connectivity index (χ0n) is 30.0. The van der Waals surface area contributed by atoms with Gasteiger partial charge in [-0.15, -0.1) is 0 Å². The minimum atomic E-state index is 0.767. The Morgan fingerprint density at radius 2 is 0.891 bits per heavy atom. The summed E-state index contributed by atoms with van der Waals surface area (Å²) in [5.74, 6) is 0. The number of pyridine rings is 1. The SMILES string of the molecule is c1ccc(-c2ccc(N(c3ccccc3)c3cc(N(c4ccccc4)c4ccccc4-c4ccccc4)cc4c3oc3c5ccccc5cnc43)cc2)cc1. The predicted octanol–water partition coefficient (Wildman–Crippen LogP) is 14.4. The molecule has 0 bridgehead atoms. The highest BCUT2D eigenvalue weighted by atomic mass is 16.3. The molecule has 0 unspecified atom stereocenters. The second kappa shape index (κ2) is 13.8. The summed E-state index contributed by atoms with van der Waals surface area (Å²) in [5.41, 5.74) is 13.0. The Morgan fingerprint density at radius 3 is 1.58 bits per heavy atom. The number of fused-ring (bicyclic) bond motifs is 5. The smallest absolute Gasteiger partial charge is 0.161 e. The molecule has 0 radical (unpaired) electrons. The van der Waals surface area contributed by atoms with E-state index < -0.39 is 0 Å². The summed E-state index contributed by atoms with van der Waals surface area (Å²) in [7, 11) is 0. The number of anilines is 6. The lowest BCUT2D eigenvalue weighted by Crippen LogP contribution is -2.14. The third kappa shape index (κ3) is 5.87. The van der Waals surface area contributed by atoms with Gasteiger partial charge in [0.05, 0.1) is 16.8 Å². The fourth-order valence-corrected chi connectivity index (χ4v) is 7.68. The van der Waals surface area contributed by atoms with E-state index in [0.29, 0.717) is 0 Å². The highest BCUT2D eigenvalue weighted by Crippen LogP contribution is 2.48. The van der Waals surface area contributed by atoms with Crippen LogP contribution >= 0.6 is 0 Å². The van der Waals surface area contributed by atoms with E-state index in [0.717, 1.165) is 83.7 Å². The van der Waals surface area contributed by atoms with Gasteiger partial charge in [0.2, 0.25) is 0 Å². The van der Waals surface area contributed by atoms with Gasteiger partial charge in [0.15, 0.2) is 11.2 Å². The maximum absolute atomic E-state index is 7.03. The van der Waals surface area contributed by atoms with E-state index in [2.05, 4.69) is 210 Å². The van der Waals surface area contributed by atoms with Crippen LogP contribution in [0.3, 0.4) is 0 Å². The summed E-state index contributed by atoms with van der Waals surface area (Å²) in [4.78, 5) is 9.73. The number of rotatable bonds is 8. The van der Waals surface area contributed by atoms with Crippen LogP contribution in [0.1, 0.15) is 0 Å². The minimum absolute atomic E-state index is 0.767. The number of aromatic nitrogens is 1. The molecule has 8 aromatic carbocycles. The van der Waals surface area contributed by atoms with E-state index in [1.165, 1.54) is 5.56 Å². The first kappa shape index (κ1) is 32.2. The van der Waals surface area contributed by atoms with Crippen molar-refractivity contribution >= 4 is 67.0 Å². The number of benzene rings is 8. The summed E-state index contributed by atoms with van der Waals surface area (Å²) in [6.45, 7) is 0. The molecule has 0 aliphatic rings. The molecule has 260 valence electrons. The second-order valence-electron chi connectivity index (χ2n) is 13.6. The minimum Gasteiger partial charge on any atom is -0.451 e. The van der Waals surface area contributed by atoms with E-state index in [4.69, 9.17) is 9.40 Å². The van der Waals surface area contributed by atoms with Crippen LogP contribution in [0.25, 0.3) is 55.1 Å². The third-order valence-electron chi connectivity index (χ3n) is 10.3. The molecular formula is C51H35N3O. The van der Waals surface area contributed by atoms with Crippen LogP contribution in [-0.4, -0.2) is 4.98 Å². The quantitative estimate of drug-likeness (QED) is 0.158. The van der Waals surface area contributed by atoms with Crippen molar-refractivity contribution < 1.29 is 4.42 Å². The van der Waals surface area contributed by atoms with Crippen molar-refractivity contribution in [3.05, 3.63) is 212 Å². The van der Waals surface area contributed by atoms with Crippen molar-refractivity contribution in [3.8, 4) is 22.3 Å². The molecule has 2 heterocycles. The van der Waals surface area contributed by atoms with E-state index in [9.17, 15) is 0 Å². The fourth-order valence-electron chi connectivity index (χ4n) is 7.68. The van der Waals surface area contributed by atoms with Crippen LogP contribution in [-0.2, 0) is 0 Å². The topological polar surface area (TPSA) is 32.5 Å². The molecule has 10 rings (SSSR count). The Hall–Kier alpha value is -7.43. The van der Waals surface area contributed by atoms with E-state index in [1.54, 1.807) is 0 Å². The molecule has 2 aromatic heterocycles. The molecule has 55 heavy (non-hydrogen) atoms. The Labute approximate surface area is 319 Å². The van der Waals surface area contributed by atoms with Crippen molar-refractivity contribution in [2.45, 2.75) is 0 Å². The van der Waals surface area contributed by atoms with E-state index in [1.807, 2.05) is 12.3 Å². The molecule has 0 saturated heterocycles. The molecule has 0 N–H and O–H groups in total. The fraction of sp³-hybridized carbons (Fsp3) is 0. The standard InChI is InChI=1S/C51H35N3O/c1-5-17-36(18-6-1)37-29-31-42(32-30-37)53(40-22-9-3-10-23-40)48-34-43(33-46-49-51(55-50(46)48)45-27-14-13-21-39(45)35-52-49)54(41-24-11-4-12-25-41)47-28-16-15-26-44(47)38-19-7-2-8-20-38/h1-35H. The lowest BCUT2D eigenvalue weighted by molar-refractivity contribution is 0.672. The van der Waals surface area contributed by atoms with Gasteiger partial charge >= 0.3 is 0 Å². The average molecular weight is 706 g/mol. The Morgan fingerprint density at radius 1 is 0.364 bits per heavy atom. The lowest BCUT2D eigenvalue weighted by Gasteiger charge is -2.30. The summed E-state index contributed by atoms with van der Waals surface area (Å²) in [6, 6.07) is 72.4. The van der Waals surface area contributed by atoms with Gasteiger partial charge in [0.1, 0.15) is 5.52 Å². The first-order valence-electron chi connectivity index (χ1n) is 18.5. The van der Waals surface area contributed by atoms with E-state index in [-0.39, 0.29) is 0 Å². The lowest BCUT2D eigenvalue weighted by atomic mass is 10.0. The molecule has 0 atom stereocenters. The number of furan rings is 1. The summed E-state index contributed by atoms with van der Waals surface area (Å²) in [5, 5.41) is 3.01. The molecule has 0 spiro atoms. The van der Waals surface area contributed by atoms with Gasteiger partial charge in [0, 0.05) is 45.3 Å². The second-order valence-corrected chi connectivity index (χ2v) is 13.6. The molecule has 0 aliphatic heterocycles. The Bertz CT molecular complexity index is 2910. The average Bonchev–Trinajstić information content (AvgIpc) is 3.65. The van der Waals surface area contributed by atoms with Crippen molar-refractivity contribution in [3.63, 3.8) is 0 Å². The molecule has 0 fully saturated rings. The van der Waals surface area contributed by atoms with Crippen LogP contribution in [0.4, 0.5) is 34.1 Å². The number of para-hydroxylation sites is 3. The Balaban J connectivity index is 1.28. The zero-order chi connectivity index (χ0) is 36.6. The maximum Gasteiger partial charge on any atom is 0.161 e. The van der Waals surface area contributed by atoms with Crippen molar-refractivity contribution in [1.82, 2.24) is 4.98 Å². The maximum atomic E-state index is 7.03. The molecule has 4 nitrogen and oxygen atoms in total. The Kier molecular flexibility index (Phi) is 8.12. The van der Waals surface area contributed by atoms with Crippen molar-refractivity contribution in [1.29, 1.82) is 0 Å². The highest BCUT2D eigenvalue weighted by Gasteiger charge is 2.25. The molecular weight excluding hydrogens is 671 g/mol. The highest BCUT2D eigenvalue weighted by molar-refractivity contribution is 6.17. The number of hydrogen-bond donors (Lipinski definition) is 0. The van der Waals surface area contributed by atoms with Gasteiger partial charge in [-0.25, -0.2) is 0 Å². The van der Waals surface area contributed by atoms with Crippen LogP contribution in [0.15, 0.2) is 217 Å². The third-order valence-corrected chi connectivity index (χ3v) is 10.3. The van der Waals surface area contributed by atoms with Gasteiger partial charge < -0.3 is 14.2 Å². The normalized spacial score (nSPS) is 11.3. The van der Waals surface area contributed by atoms with Crippen molar-refractivity contribution in [2.24, 2.45) is 0 Å². The molecule has 0 aliphatic carbocycles. The first-order valence-corrected chi connectivity index (χ1v) is 18.5. The largest absolute Gasteiger partial charge is 0.451 e. The van der Waals surface area contributed by atoms with Crippen LogP contribution < -0.4 is 9.80 Å². The summed E-state index contributed by atoms with van der Waals surface area (Å²) >= 11 is 0. The van der Waals surface area contributed by atoms with Crippen LogP contribution in [0, 0.1) is 0 Å². The first-order chi connectivity index (χ1) is 27.3. The summed E-state index contributed by atoms with van der Waals surface area (Å²) in [6.07, 6.45) is 1.95. The van der Waals surface area contributed by atoms with Gasteiger partial charge in [-0.05, 0) is 71.3 Å². The number of nitrogens with zero attached hydrogens (tertiary/aromatic N) is 3. The van der Waals surface area contributed by atoms with Gasteiger partial charge in [-0.2, -0.15) is 0 Å². The zero-order valence-corrected chi connectivity index (χ0v) is 30.0. The molecule has 0 amide bonds. The van der Waals surface area contributed by atoms with Gasteiger partial charge in [0.25, 0.3) is 0 Å². The van der Waals surface area contributed by atoms with Gasteiger partial charge in [-0.3, -0.25) is 4.98 Å². The number of hydrogen-bond acceptors (Lipinski definition) is 4. The predicted molar refractivity (Wildman–Crippen MR) is 229 cm³/mol. The van der Waals surface area contributed by atoms with Crippen LogP contribution in [0.2, 0.25) is 0 Å². The molecule has 10 aromatic rings.